The highest BCUT2D eigenvalue weighted by Gasteiger charge is 2.58. The summed E-state index contributed by atoms with van der Waals surface area (Å²) in [5.74, 6) is -0.352. The Labute approximate surface area is 148 Å². The van der Waals surface area contributed by atoms with Crippen LogP contribution in [-0.4, -0.2) is 33.9 Å². The Balaban J connectivity index is 1.88. The largest absolute Gasteiger partial charge is 0.468 e. The molecule has 2 aromatic carbocycles. The van der Waals surface area contributed by atoms with Gasteiger partial charge in [0.05, 0.1) is 18.0 Å². The molecule has 24 heavy (non-hydrogen) atoms. The Kier molecular flexibility index (Phi) is 5.08. The van der Waals surface area contributed by atoms with E-state index in [1.54, 1.807) is 16.1 Å². The number of esters is 1. The van der Waals surface area contributed by atoms with Crippen molar-refractivity contribution < 1.29 is 13.7 Å². The smallest absolute Gasteiger partial charge is 0.326 e. The summed E-state index contributed by atoms with van der Waals surface area (Å²) >= 11 is 1.66. The molecule has 2 unspecified atom stereocenters. The number of ether oxygens (including phenoxy) is 1. The molecular formula is C18H19NO3S2. The van der Waals surface area contributed by atoms with Gasteiger partial charge in [0.25, 0.3) is 0 Å². The van der Waals surface area contributed by atoms with Crippen LogP contribution in [0.15, 0.2) is 58.3 Å². The van der Waals surface area contributed by atoms with E-state index in [4.69, 9.17) is 4.74 Å². The van der Waals surface area contributed by atoms with Gasteiger partial charge >= 0.3 is 5.97 Å². The van der Waals surface area contributed by atoms with E-state index in [0.717, 1.165) is 16.0 Å². The zero-order valence-electron chi connectivity index (χ0n) is 13.8. The first-order valence-corrected chi connectivity index (χ1v) is 9.88. The van der Waals surface area contributed by atoms with E-state index >= 15 is 0 Å². The summed E-state index contributed by atoms with van der Waals surface area (Å²) in [6.45, 7) is 1.98. The first-order chi connectivity index (χ1) is 11.6. The van der Waals surface area contributed by atoms with Crippen LogP contribution in [0.1, 0.15) is 17.2 Å². The molecule has 0 amide bonds. The van der Waals surface area contributed by atoms with E-state index in [2.05, 4.69) is 0 Å². The van der Waals surface area contributed by atoms with Gasteiger partial charge in [-0.2, -0.15) is 4.31 Å². The molecular weight excluding hydrogens is 342 g/mol. The fourth-order valence-corrected chi connectivity index (χ4v) is 4.50. The fourth-order valence-electron chi connectivity index (χ4n) is 2.68. The zero-order valence-corrected chi connectivity index (χ0v) is 15.4. The quantitative estimate of drug-likeness (QED) is 0.466. The number of aryl methyl sites for hydroxylation is 1. The topological polar surface area (TPSA) is 46.4 Å². The molecule has 1 fully saturated rings. The molecule has 4 atom stereocenters. The second-order valence-corrected chi connectivity index (χ2v) is 7.88. The third-order valence-electron chi connectivity index (χ3n) is 4.07. The first kappa shape index (κ1) is 17.2. The lowest BCUT2D eigenvalue weighted by atomic mass is 10.1. The highest BCUT2D eigenvalue weighted by atomic mass is 32.2. The molecule has 6 heteroatoms. The Morgan fingerprint density at radius 1 is 1.12 bits per heavy atom. The standard InChI is InChI=1S/C18H19NO3S2/c1-12-4-10-15(11-5-12)24(21)19-16(17(19)18(20)22-2)13-6-8-14(23-3)9-7-13/h4-11,16-17H,1-3H3/t16-,17-,19?,24?/m0/s1. The molecule has 0 bridgehead atoms. The van der Waals surface area contributed by atoms with E-state index in [1.165, 1.54) is 7.11 Å². The van der Waals surface area contributed by atoms with Gasteiger partial charge in [0.1, 0.15) is 17.0 Å². The minimum Gasteiger partial charge on any atom is -0.468 e. The summed E-state index contributed by atoms with van der Waals surface area (Å²) in [5.41, 5.74) is 2.08. The van der Waals surface area contributed by atoms with Crippen LogP contribution in [0.2, 0.25) is 0 Å². The molecule has 0 N–H and O–H groups in total. The van der Waals surface area contributed by atoms with Gasteiger partial charge in [0.2, 0.25) is 0 Å². The number of hydrogen-bond acceptors (Lipinski definition) is 4. The van der Waals surface area contributed by atoms with E-state index in [-0.39, 0.29) is 12.0 Å². The first-order valence-electron chi connectivity index (χ1n) is 7.55. The van der Waals surface area contributed by atoms with Gasteiger partial charge in [0, 0.05) is 4.90 Å². The molecule has 0 aliphatic carbocycles. The average Bonchev–Trinajstić information content (AvgIpc) is 3.36. The molecule has 0 radical (unpaired) electrons. The average molecular weight is 361 g/mol. The molecule has 4 nitrogen and oxygen atoms in total. The molecule has 0 spiro atoms. The number of nitrogens with zero attached hydrogens (tertiary/aromatic N) is 1. The van der Waals surface area contributed by atoms with E-state index in [0.29, 0.717) is 4.90 Å². The van der Waals surface area contributed by atoms with Crippen molar-refractivity contribution in [1.82, 2.24) is 4.31 Å². The minimum absolute atomic E-state index is 0.213. The predicted octanol–water partition coefficient (Wildman–Crippen LogP) is 3.34. The van der Waals surface area contributed by atoms with Crippen molar-refractivity contribution in [2.75, 3.05) is 13.4 Å². The molecule has 2 aromatic rings. The summed E-state index contributed by atoms with van der Waals surface area (Å²) in [7, 11) is -0.0323. The highest BCUT2D eigenvalue weighted by Crippen LogP contribution is 2.46. The third-order valence-corrected chi connectivity index (χ3v) is 6.33. The maximum atomic E-state index is 12.9. The number of benzene rings is 2. The van der Waals surface area contributed by atoms with Gasteiger partial charge in [-0.1, -0.05) is 29.8 Å². The van der Waals surface area contributed by atoms with Crippen LogP contribution in [0.5, 0.6) is 0 Å². The zero-order chi connectivity index (χ0) is 17.3. The second kappa shape index (κ2) is 7.09. The number of carbonyl (C=O) groups is 1. The monoisotopic (exact) mass is 361 g/mol. The van der Waals surface area contributed by atoms with Crippen LogP contribution in [0, 0.1) is 6.92 Å². The third kappa shape index (κ3) is 3.27. The van der Waals surface area contributed by atoms with Crippen LogP contribution in [0.4, 0.5) is 0 Å². The molecule has 1 saturated heterocycles. The molecule has 1 aliphatic heterocycles. The number of hydrogen-bond donors (Lipinski definition) is 0. The van der Waals surface area contributed by atoms with E-state index < -0.39 is 17.0 Å². The van der Waals surface area contributed by atoms with Crippen molar-refractivity contribution in [2.24, 2.45) is 0 Å². The van der Waals surface area contributed by atoms with Crippen molar-refractivity contribution >= 4 is 28.7 Å². The lowest BCUT2D eigenvalue weighted by Gasteiger charge is -2.05. The number of rotatable bonds is 5. The van der Waals surface area contributed by atoms with Gasteiger partial charge in [-0.3, -0.25) is 4.79 Å². The Hall–Kier alpha value is -1.63. The second-order valence-electron chi connectivity index (χ2n) is 5.61. The molecule has 1 aliphatic rings. The lowest BCUT2D eigenvalue weighted by molar-refractivity contribution is -0.140. The van der Waals surface area contributed by atoms with Gasteiger partial charge in [-0.05, 0) is 43.0 Å². The number of methoxy groups -OCH3 is 1. The predicted molar refractivity (Wildman–Crippen MR) is 96.2 cm³/mol. The maximum Gasteiger partial charge on any atom is 0.326 e. The van der Waals surface area contributed by atoms with Gasteiger partial charge < -0.3 is 4.74 Å². The van der Waals surface area contributed by atoms with Crippen molar-refractivity contribution in [3.05, 3.63) is 59.7 Å². The molecule has 3 rings (SSSR count). The van der Waals surface area contributed by atoms with Crippen LogP contribution in [-0.2, 0) is 20.5 Å². The van der Waals surface area contributed by atoms with Crippen molar-refractivity contribution in [1.29, 1.82) is 0 Å². The summed E-state index contributed by atoms with van der Waals surface area (Å²) in [5, 5.41) is 0. The number of thioether (sulfide) groups is 1. The Bertz CT molecular complexity index is 759. The van der Waals surface area contributed by atoms with Crippen LogP contribution >= 0.6 is 11.8 Å². The van der Waals surface area contributed by atoms with Gasteiger partial charge in [0.15, 0.2) is 0 Å². The normalized spacial score (nSPS) is 23.5. The molecule has 1 heterocycles. The highest BCUT2D eigenvalue weighted by molar-refractivity contribution is 7.98. The summed E-state index contributed by atoms with van der Waals surface area (Å²) in [6, 6.07) is 14.8. The fraction of sp³-hybridized carbons (Fsp3) is 0.278. The van der Waals surface area contributed by atoms with E-state index in [9.17, 15) is 9.00 Å². The van der Waals surface area contributed by atoms with E-state index in [1.807, 2.05) is 61.7 Å². The summed E-state index contributed by atoms with van der Waals surface area (Å²) in [6.07, 6.45) is 2.02. The Morgan fingerprint density at radius 3 is 2.29 bits per heavy atom. The molecule has 0 saturated carbocycles. The van der Waals surface area contributed by atoms with Crippen molar-refractivity contribution in [3.8, 4) is 0 Å². The molecule has 0 aromatic heterocycles. The minimum atomic E-state index is -1.39. The van der Waals surface area contributed by atoms with Crippen molar-refractivity contribution in [2.45, 2.75) is 28.8 Å². The number of carbonyl (C=O) groups excluding carboxylic acids is 1. The van der Waals surface area contributed by atoms with Gasteiger partial charge in [-0.15, -0.1) is 11.8 Å². The lowest BCUT2D eigenvalue weighted by Crippen LogP contribution is -2.16. The summed E-state index contributed by atoms with van der Waals surface area (Å²) in [4.78, 5) is 13.9. The van der Waals surface area contributed by atoms with Crippen LogP contribution in [0.3, 0.4) is 0 Å². The SMILES string of the molecule is COC(=O)[C@@H]1[C@H](c2ccc(SC)cc2)N1S(=O)c1ccc(C)cc1. The van der Waals surface area contributed by atoms with Gasteiger partial charge in [-0.25, -0.2) is 4.21 Å². The summed E-state index contributed by atoms with van der Waals surface area (Å²) < 4.78 is 19.5. The Morgan fingerprint density at radius 2 is 1.75 bits per heavy atom. The molecule has 126 valence electrons. The van der Waals surface area contributed by atoms with Crippen LogP contribution < -0.4 is 0 Å². The van der Waals surface area contributed by atoms with Crippen LogP contribution in [0.25, 0.3) is 0 Å². The van der Waals surface area contributed by atoms with Crippen molar-refractivity contribution in [3.63, 3.8) is 0 Å². The maximum absolute atomic E-state index is 12.9.